The van der Waals surface area contributed by atoms with Gasteiger partial charge in [0.05, 0.1) is 11.0 Å². The number of allylic oxidation sites excluding steroid dienone is 1. The molecule has 0 aliphatic carbocycles. The van der Waals surface area contributed by atoms with Crippen molar-refractivity contribution >= 4 is 32.9 Å². The Kier molecular flexibility index (Phi) is 9.32. The number of carbonyl (C=O) groups is 1. The molecular formula is C22H31BrN4O. The highest BCUT2D eigenvalue weighted by atomic mass is 79.9. The minimum absolute atomic E-state index is 0.0784. The lowest BCUT2D eigenvalue weighted by atomic mass is 10.1. The maximum absolute atomic E-state index is 11.8. The van der Waals surface area contributed by atoms with Gasteiger partial charge in [0.2, 0.25) is 5.91 Å². The first kappa shape index (κ1) is 23.8. The highest BCUT2D eigenvalue weighted by Gasteiger charge is 2.22. The molecule has 5 nitrogen and oxygen atoms in total. The highest BCUT2D eigenvalue weighted by Crippen LogP contribution is 2.30. The van der Waals surface area contributed by atoms with Crippen LogP contribution in [0.25, 0.3) is 22.6 Å². The third-order valence-electron chi connectivity index (χ3n) is 4.13. The van der Waals surface area contributed by atoms with Gasteiger partial charge in [-0.2, -0.15) is 5.10 Å². The normalized spacial score (nSPS) is 10.0. The van der Waals surface area contributed by atoms with Gasteiger partial charge in [0.1, 0.15) is 5.69 Å². The summed E-state index contributed by atoms with van der Waals surface area (Å²) in [7, 11) is 0. The minimum atomic E-state index is -0.0784. The fourth-order valence-corrected chi connectivity index (χ4v) is 3.40. The molecule has 0 fully saturated rings. The number of carbonyl (C=O) groups excluding carboxylic acids is 1. The Labute approximate surface area is 176 Å². The molecule has 3 aromatic rings. The zero-order valence-corrected chi connectivity index (χ0v) is 19.6. The van der Waals surface area contributed by atoms with E-state index < -0.39 is 0 Å². The second-order valence-corrected chi connectivity index (χ2v) is 6.83. The number of benzene rings is 1. The van der Waals surface area contributed by atoms with E-state index >= 15 is 0 Å². The average Bonchev–Trinajstić information content (AvgIpc) is 3.20. The van der Waals surface area contributed by atoms with Crippen molar-refractivity contribution in [3.05, 3.63) is 46.6 Å². The summed E-state index contributed by atoms with van der Waals surface area (Å²) in [4.78, 5) is 16.6. The zero-order chi connectivity index (χ0) is 21.4. The van der Waals surface area contributed by atoms with Crippen LogP contribution in [-0.2, 0) is 13.0 Å². The number of nitrogens with zero attached hydrogens (tertiary/aromatic N) is 4. The number of hydrogen-bond acceptors (Lipinski definition) is 3. The largest absolute Gasteiger partial charge is 0.323 e. The average molecular weight is 447 g/mol. The molecule has 0 aliphatic heterocycles. The standard InChI is InChI=1S/C17H19BrN4O.C3H6.C2H6/c1-5-13-10(3)22(11(4)23)20-16(13)17-19-14-9-12(18)7-8-15(14)21(17)6-2;1-3-2;1-2/h7-9H,5-6H2,1-4H3;3H,1H2,2H3;1-2H3. The molecule has 0 atom stereocenters. The third-order valence-corrected chi connectivity index (χ3v) is 4.62. The molecule has 0 unspecified atom stereocenters. The summed E-state index contributed by atoms with van der Waals surface area (Å²) in [5.74, 6) is 0.742. The van der Waals surface area contributed by atoms with E-state index in [0.29, 0.717) is 0 Å². The van der Waals surface area contributed by atoms with Gasteiger partial charge >= 0.3 is 0 Å². The molecule has 0 spiro atoms. The number of aromatic nitrogens is 4. The second kappa shape index (κ2) is 11.0. The van der Waals surface area contributed by atoms with E-state index in [4.69, 9.17) is 4.98 Å². The summed E-state index contributed by atoms with van der Waals surface area (Å²) in [6.07, 6.45) is 2.56. The van der Waals surface area contributed by atoms with Crippen LogP contribution in [0.3, 0.4) is 0 Å². The topological polar surface area (TPSA) is 52.7 Å². The van der Waals surface area contributed by atoms with Crippen molar-refractivity contribution < 1.29 is 4.79 Å². The molecule has 1 aromatic carbocycles. The van der Waals surface area contributed by atoms with Crippen LogP contribution in [0.15, 0.2) is 35.3 Å². The van der Waals surface area contributed by atoms with Gasteiger partial charge in [0, 0.05) is 29.2 Å². The van der Waals surface area contributed by atoms with Crippen LogP contribution in [0.5, 0.6) is 0 Å². The van der Waals surface area contributed by atoms with Crippen molar-refractivity contribution in [1.82, 2.24) is 19.3 Å². The summed E-state index contributed by atoms with van der Waals surface area (Å²) in [6, 6.07) is 6.07. The molecule has 0 N–H and O–H groups in total. The first-order chi connectivity index (χ1) is 13.4. The van der Waals surface area contributed by atoms with E-state index in [1.54, 1.807) is 6.08 Å². The molecule has 0 saturated carbocycles. The highest BCUT2D eigenvalue weighted by molar-refractivity contribution is 9.10. The lowest BCUT2D eigenvalue weighted by Gasteiger charge is -2.05. The minimum Gasteiger partial charge on any atom is -0.323 e. The van der Waals surface area contributed by atoms with Crippen LogP contribution in [0.4, 0.5) is 0 Å². The lowest BCUT2D eigenvalue weighted by Crippen LogP contribution is -2.09. The van der Waals surface area contributed by atoms with Gasteiger partial charge in [-0.3, -0.25) is 4.79 Å². The second-order valence-electron chi connectivity index (χ2n) is 5.92. The van der Waals surface area contributed by atoms with E-state index in [0.717, 1.165) is 51.2 Å². The Morgan fingerprint density at radius 1 is 1.29 bits per heavy atom. The van der Waals surface area contributed by atoms with Crippen molar-refractivity contribution in [3.8, 4) is 11.5 Å². The predicted octanol–water partition coefficient (Wildman–Crippen LogP) is 6.43. The van der Waals surface area contributed by atoms with Crippen molar-refractivity contribution in [1.29, 1.82) is 0 Å². The number of hydrogen-bond donors (Lipinski definition) is 0. The van der Waals surface area contributed by atoms with Crippen molar-refractivity contribution in [2.75, 3.05) is 0 Å². The van der Waals surface area contributed by atoms with Gasteiger partial charge in [-0.1, -0.05) is 42.8 Å². The number of aryl methyl sites for hydroxylation is 1. The van der Waals surface area contributed by atoms with E-state index in [9.17, 15) is 4.79 Å². The van der Waals surface area contributed by atoms with Gasteiger partial charge in [0.25, 0.3) is 0 Å². The number of rotatable bonds is 3. The van der Waals surface area contributed by atoms with E-state index in [1.807, 2.05) is 39.8 Å². The fraction of sp³-hybridized carbons (Fsp3) is 0.409. The third kappa shape index (κ3) is 4.79. The maximum Gasteiger partial charge on any atom is 0.243 e. The Balaban J connectivity index is 0.000000717. The summed E-state index contributed by atoms with van der Waals surface area (Å²) < 4.78 is 4.62. The van der Waals surface area contributed by atoms with Gasteiger partial charge < -0.3 is 4.57 Å². The Morgan fingerprint density at radius 2 is 1.89 bits per heavy atom. The van der Waals surface area contributed by atoms with Gasteiger partial charge in [0.15, 0.2) is 5.82 Å². The Hall–Kier alpha value is -2.21. The molecule has 152 valence electrons. The van der Waals surface area contributed by atoms with E-state index in [-0.39, 0.29) is 5.91 Å². The van der Waals surface area contributed by atoms with Crippen LogP contribution in [0.1, 0.15) is 57.6 Å². The molecule has 28 heavy (non-hydrogen) atoms. The molecule has 0 aliphatic rings. The SMILES string of the molecule is C=CC.CC.CCc1c(-c2nc3cc(Br)ccc3n2CC)nn(C(C)=O)c1C. The molecule has 2 heterocycles. The fourth-order valence-electron chi connectivity index (χ4n) is 3.05. The van der Waals surface area contributed by atoms with Gasteiger partial charge in [-0.15, -0.1) is 6.58 Å². The van der Waals surface area contributed by atoms with Crippen LogP contribution >= 0.6 is 15.9 Å². The van der Waals surface area contributed by atoms with Crippen molar-refractivity contribution in [2.24, 2.45) is 0 Å². The molecule has 6 heteroatoms. The van der Waals surface area contributed by atoms with E-state index in [2.05, 4.69) is 52.1 Å². The van der Waals surface area contributed by atoms with Crippen LogP contribution in [0.2, 0.25) is 0 Å². The van der Waals surface area contributed by atoms with Crippen LogP contribution < -0.4 is 0 Å². The first-order valence-corrected chi connectivity index (χ1v) is 10.5. The Bertz CT molecular complexity index is 953. The van der Waals surface area contributed by atoms with Crippen molar-refractivity contribution in [2.45, 2.75) is 61.4 Å². The van der Waals surface area contributed by atoms with Gasteiger partial charge in [-0.05, 0) is 45.4 Å². The summed E-state index contributed by atoms with van der Waals surface area (Å²) in [5, 5.41) is 4.55. The molecular weight excluding hydrogens is 416 g/mol. The molecule has 0 radical (unpaired) electrons. The van der Waals surface area contributed by atoms with Crippen LogP contribution in [0, 0.1) is 6.92 Å². The quantitative estimate of drug-likeness (QED) is 0.435. The lowest BCUT2D eigenvalue weighted by molar-refractivity contribution is 0.0919. The summed E-state index contributed by atoms with van der Waals surface area (Å²) >= 11 is 3.49. The number of halogens is 1. The maximum atomic E-state index is 11.8. The monoisotopic (exact) mass is 446 g/mol. The molecule has 0 saturated heterocycles. The van der Waals surface area contributed by atoms with E-state index in [1.165, 1.54) is 11.6 Å². The molecule has 3 rings (SSSR count). The number of fused-ring (bicyclic) bond motifs is 1. The zero-order valence-electron chi connectivity index (χ0n) is 18.0. The summed E-state index contributed by atoms with van der Waals surface area (Å²) in [6.45, 7) is 17.7. The first-order valence-electron chi connectivity index (χ1n) is 9.72. The number of imidazole rings is 1. The molecule has 0 bridgehead atoms. The predicted molar refractivity (Wildman–Crippen MR) is 122 cm³/mol. The Morgan fingerprint density at radius 3 is 2.39 bits per heavy atom. The van der Waals surface area contributed by atoms with Gasteiger partial charge in [-0.25, -0.2) is 9.67 Å². The van der Waals surface area contributed by atoms with Crippen molar-refractivity contribution in [3.63, 3.8) is 0 Å². The molecule has 0 amide bonds. The molecule has 2 aromatic heterocycles. The smallest absolute Gasteiger partial charge is 0.243 e. The van der Waals surface area contributed by atoms with Crippen LogP contribution in [-0.4, -0.2) is 25.2 Å². The summed E-state index contributed by atoms with van der Waals surface area (Å²) in [5.41, 5.74) is 4.76.